The Hall–Kier alpha value is -2.93. The number of aromatic carboxylic acids is 1. The van der Waals surface area contributed by atoms with Crippen molar-refractivity contribution >= 4 is 17.1 Å². The first kappa shape index (κ1) is 13.7. The molecule has 0 aliphatic heterocycles. The zero-order valence-corrected chi connectivity index (χ0v) is 12.0. The van der Waals surface area contributed by atoms with E-state index in [2.05, 4.69) is 15.0 Å². The zero-order valence-electron chi connectivity index (χ0n) is 12.0. The molecule has 3 aromatic rings. The standard InChI is InChI=1S/C16H13N3O4/c20-12-4-2-8-1-3-9(5-10(8)12)23-13-7-18-15-14(19-13)11(6-17-15)16(21)22/h1,3,5-7,12,20H,2,4H2,(H,17,18)(H,21,22)/t12-/m0/s1. The molecule has 0 spiro atoms. The van der Waals surface area contributed by atoms with Gasteiger partial charge < -0.3 is 19.9 Å². The van der Waals surface area contributed by atoms with Crippen molar-refractivity contribution in [3.8, 4) is 11.6 Å². The third-order valence-corrected chi connectivity index (χ3v) is 3.98. The highest BCUT2D eigenvalue weighted by Crippen LogP contribution is 2.34. The molecule has 1 aromatic carbocycles. The highest BCUT2D eigenvalue weighted by atomic mass is 16.5. The van der Waals surface area contributed by atoms with Gasteiger partial charge in [-0.25, -0.2) is 14.8 Å². The molecule has 0 saturated carbocycles. The number of benzene rings is 1. The second kappa shape index (κ2) is 5.06. The fraction of sp³-hybridized carbons (Fsp3) is 0.188. The molecule has 4 rings (SSSR count). The number of aromatic amines is 1. The minimum absolute atomic E-state index is 0.0438. The monoisotopic (exact) mass is 311 g/mol. The maximum atomic E-state index is 11.2. The van der Waals surface area contributed by atoms with E-state index in [4.69, 9.17) is 9.84 Å². The second-order valence-electron chi connectivity index (χ2n) is 5.43. The number of nitrogens with one attached hydrogen (secondary N) is 1. The topological polar surface area (TPSA) is 108 Å². The predicted molar refractivity (Wildman–Crippen MR) is 80.6 cm³/mol. The van der Waals surface area contributed by atoms with E-state index in [0.29, 0.717) is 11.4 Å². The Balaban J connectivity index is 1.69. The van der Waals surface area contributed by atoms with Crippen molar-refractivity contribution in [3.05, 3.63) is 47.3 Å². The van der Waals surface area contributed by atoms with Crippen LogP contribution < -0.4 is 4.74 Å². The molecule has 2 heterocycles. The van der Waals surface area contributed by atoms with Gasteiger partial charge in [-0.2, -0.15) is 0 Å². The molecule has 1 aliphatic rings. The van der Waals surface area contributed by atoms with Gasteiger partial charge in [0, 0.05) is 6.20 Å². The minimum atomic E-state index is -1.08. The first-order chi connectivity index (χ1) is 11.1. The summed E-state index contributed by atoms with van der Waals surface area (Å²) in [6.45, 7) is 0. The minimum Gasteiger partial charge on any atom is -0.478 e. The number of H-pyrrole nitrogens is 1. The van der Waals surface area contributed by atoms with Crippen LogP contribution in [-0.2, 0) is 6.42 Å². The van der Waals surface area contributed by atoms with E-state index in [1.54, 1.807) is 12.1 Å². The Bertz CT molecular complexity index is 919. The van der Waals surface area contributed by atoms with E-state index in [0.717, 1.165) is 24.0 Å². The van der Waals surface area contributed by atoms with Gasteiger partial charge in [-0.3, -0.25) is 0 Å². The molecule has 1 aliphatic carbocycles. The van der Waals surface area contributed by atoms with Crippen molar-refractivity contribution in [1.29, 1.82) is 0 Å². The van der Waals surface area contributed by atoms with Crippen molar-refractivity contribution in [3.63, 3.8) is 0 Å². The summed E-state index contributed by atoms with van der Waals surface area (Å²) in [6, 6.07) is 5.51. The summed E-state index contributed by atoms with van der Waals surface area (Å²) >= 11 is 0. The Labute approximate surface area is 130 Å². The van der Waals surface area contributed by atoms with Gasteiger partial charge >= 0.3 is 5.97 Å². The third kappa shape index (κ3) is 2.31. The number of aliphatic hydroxyl groups is 1. The smallest absolute Gasteiger partial charge is 0.339 e. The average molecular weight is 311 g/mol. The lowest BCUT2D eigenvalue weighted by molar-refractivity contribution is 0.0699. The number of fused-ring (bicyclic) bond motifs is 2. The number of rotatable bonds is 3. The molecular weight excluding hydrogens is 298 g/mol. The maximum Gasteiger partial charge on any atom is 0.339 e. The first-order valence-corrected chi connectivity index (χ1v) is 7.18. The number of hydrogen-bond acceptors (Lipinski definition) is 5. The Morgan fingerprint density at radius 1 is 1.39 bits per heavy atom. The van der Waals surface area contributed by atoms with Crippen molar-refractivity contribution in [2.75, 3.05) is 0 Å². The number of aryl methyl sites for hydroxylation is 1. The fourth-order valence-corrected chi connectivity index (χ4v) is 2.83. The molecule has 0 unspecified atom stereocenters. The van der Waals surface area contributed by atoms with E-state index in [1.807, 2.05) is 6.07 Å². The lowest BCUT2D eigenvalue weighted by Gasteiger charge is -2.08. The quantitative estimate of drug-likeness (QED) is 0.685. The molecule has 1 atom stereocenters. The van der Waals surface area contributed by atoms with Crippen LogP contribution in [0, 0.1) is 0 Å². The SMILES string of the molecule is O=C(O)c1c[nH]c2ncc(Oc3ccc4c(c3)[C@@H](O)CC4)nc12. The van der Waals surface area contributed by atoms with Crippen LogP contribution in [0.4, 0.5) is 0 Å². The summed E-state index contributed by atoms with van der Waals surface area (Å²) in [5.74, 6) is -0.346. The summed E-state index contributed by atoms with van der Waals surface area (Å²) in [7, 11) is 0. The predicted octanol–water partition coefficient (Wildman–Crippen LogP) is 2.43. The van der Waals surface area contributed by atoms with Crippen LogP contribution >= 0.6 is 0 Å². The molecule has 2 aromatic heterocycles. The molecule has 116 valence electrons. The molecular formula is C16H13N3O4. The summed E-state index contributed by atoms with van der Waals surface area (Å²) in [6.07, 6.45) is 3.88. The number of hydrogen-bond donors (Lipinski definition) is 3. The molecule has 7 heteroatoms. The molecule has 0 saturated heterocycles. The molecule has 0 bridgehead atoms. The van der Waals surface area contributed by atoms with Gasteiger partial charge in [0.05, 0.1) is 12.3 Å². The number of carboxylic acid groups (broad SMARTS) is 1. The van der Waals surface area contributed by atoms with Gasteiger partial charge in [-0.05, 0) is 36.1 Å². The number of nitrogens with zero attached hydrogens (tertiary/aromatic N) is 2. The Morgan fingerprint density at radius 2 is 2.26 bits per heavy atom. The summed E-state index contributed by atoms with van der Waals surface area (Å²) in [4.78, 5) is 22.2. The molecule has 7 nitrogen and oxygen atoms in total. The van der Waals surface area contributed by atoms with Crippen LogP contribution in [0.1, 0.15) is 34.0 Å². The lowest BCUT2D eigenvalue weighted by atomic mass is 10.1. The van der Waals surface area contributed by atoms with Crippen molar-refractivity contribution < 1.29 is 19.7 Å². The average Bonchev–Trinajstić information content (AvgIpc) is 3.11. The largest absolute Gasteiger partial charge is 0.478 e. The second-order valence-corrected chi connectivity index (χ2v) is 5.43. The van der Waals surface area contributed by atoms with Crippen LogP contribution in [-0.4, -0.2) is 31.1 Å². The van der Waals surface area contributed by atoms with E-state index >= 15 is 0 Å². The molecule has 0 radical (unpaired) electrons. The molecule has 0 amide bonds. The van der Waals surface area contributed by atoms with Gasteiger partial charge in [0.2, 0.25) is 5.88 Å². The first-order valence-electron chi connectivity index (χ1n) is 7.18. The van der Waals surface area contributed by atoms with E-state index in [1.165, 1.54) is 12.4 Å². The number of carboxylic acids is 1. The van der Waals surface area contributed by atoms with Crippen LogP contribution in [0.15, 0.2) is 30.6 Å². The molecule has 23 heavy (non-hydrogen) atoms. The Morgan fingerprint density at radius 3 is 3.09 bits per heavy atom. The Kier molecular flexibility index (Phi) is 3.02. The zero-order chi connectivity index (χ0) is 16.0. The third-order valence-electron chi connectivity index (χ3n) is 3.98. The number of carbonyl (C=O) groups is 1. The number of ether oxygens (including phenoxy) is 1. The van der Waals surface area contributed by atoms with Gasteiger partial charge in [0.1, 0.15) is 16.8 Å². The maximum absolute atomic E-state index is 11.2. The fourth-order valence-electron chi connectivity index (χ4n) is 2.83. The normalized spacial score (nSPS) is 16.5. The van der Waals surface area contributed by atoms with Gasteiger partial charge in [0.15, 0.2) is 5.65 Å². The van der Waals surface area contributed by atoms with Crippen molar-refractivity contribution in [2.24, 2.45) is 0 Å². The van der Waals surface area contributed by atoms with E-state index in [-0.39, 0.29) is 17.0 Å². The lowest BCUT2D eigenvalue weighted by Crippen LogP contribution is -1.97. The van der Waals surface area contributed by atoms with Crippen molar-refractivity contribution in [2.45, 2.75) is 18.9 Å². The van der Waals surface area contributed by atoms with Gasteiger partial charge in [0.25, 0.3) is 0 Å². The van der Waals surface area contributed by atoms with E-state index < -0.39 is 12.1 Å². The summed E-state index contributed by atoms with van der Waals surface area (Å²) in [5, 5.41) is 19.1. The van der Waals surface area contributed by atoms with Crippen LogP contribution in [0.2, 0.25) is 0 Å². The van der Waals surface area contributed by atoms with Gasteiger partial charge in [-0.15, -0.1) is 0 Å². The van der Waals surface area contributed by atoms with Crippen LogP contribution in [0.3, 0.4) is 0 Å². The highest BCUT2D eigenvalue weighted by molar-refractivity contribution is 6.00. The number of aromatic nitrogens is 3. The van der Waals surface area contributed by atoms with Crippen LogP contribution in [0.25, 0.3) is 11.2 Å². The summed E-state index contributed by atoms with van der Waals surface area (Å²) < 4.78 is 5.67. The van der Waals surface area contributed by atoms with Gasteiger partial charge in [-0.1, -0.05) is 6.07 Å². The molecule has 3 N–H and O–H groups in total. The van der Waals surface area contributed by atoms with Crippen molar-refractivity contribution in [1.82, 2.24) is 15.0 Å². The van der Waals surface area contributed by atoms with E-state index in [9.17, 15) is 9.90 Å². The number of aliphatic hydroxyl groups excluding tert-OH is 1. The highest BCUT2D eigenvalue weighted by Gasteiger charge is 2.21. The molecule has 0 fully saturated rings. The summed E-state index contributed by atoms with van der Waals surface area (Å²) in [5.41, 5.74) is 2.66. The van der Waals surface area contributed by atoms with Crippen LogP contribution in [0.5, 0.6) is 11.6 Å².